The second-order valence-corrected chi connectivity index (χ2v) is 6.25. The van der Waals surface area contributed by atoms with Crippen molar-refractivity contribution in [3.05, 3.63) is 62.4 Å². The van der Waals surface area contributed by atoms with Crippen molar-refractivity contribution in [3.63, 3.8) is 0 Å². The van der Waals surface area contributed by atoms with Gasteiger partial charge in [-0.1, -0.05) is 12.1 Å². The average Bonchev–Trinajstić information content (AvgIpc) is 2.54. The minimum atomic E-state index is -0.324. The van der Waals surface area contributed by atoms with E-state index in [9.17, 15) is 9.59 Å². The molecule has 1 heterocycles. The molecule has 0 saturated heterocycles. The standard InChI is InChI=1S/C18H25N3O3/c1-12(2)24-16-8-6-7-14(9-16)13(3)19-10-15-11-20(4)18(23)21(5)17(15)22/h6-9,11-13,19H,10H2,1-5H3. The summed E-state index contributed by atoms with van der Waals surface area (Å²) in [6.45, 7) is 6.39. The van der Waals surface area contributed by atoms with E-state index in [1.807, 2.05) is 45.0 Å². The molecule has 1 N–H and O–H groups in total. The molecule has 6 nitrogen and oxygen atoms in total. The molecule has 0 bridgehead atoms. The van der Waals surface area contributed by atoms with Gasteiger partial charge in [-0.15, -0.1) is 0 Å². The first-order chi connectivity index (χ1) is 11.3. The molecule has 0 radical (unpaired) electrons. The van der Waals surface area contributed by atoms with Gasteiger partial charge in [0.05, 0.1) is 6.10 Å². The van der Waals surface area contributed by atoms with Crippen molar-refractivity contribution in [2.24, 2.45) is 14.1 Å². The second-order valence-electron chi connectivity index (χ2n) is 6.25. The highest BCUT2D eigenvalue weighted by Gasteiger charge is 2.10. The maximum Gasteiger partial charge on any atom is 0.330 e. The van der Waals surface area contributed by atoms with Gasteiger partial charge in [0.15, 0.2) is 0 Å². The lowest BCUT2D eigenvalue weighted by atomic mass is 10.1. The van der Waals surface area contributed by atoms with Crippen molar-refractivity contribution in [3.8, 4) is 5.75 Å². The Bertz CT molecular complexity index is 821. The summed E-state index contributed by atoms with van der Waals surface area (Å²) in [5.41, 5.74) is 1.04. The fourth-order valence-electron chi connectivity index (χ4n) is 2.51. The van der Waals surface area contributed by atoms with Crippen LogP contribution in [0, 0.1) is 0 Å². The van der Waals surface area contributed by atoms with Gasteiger partial charge in [-0.25, -0.2) is 4.79 Å². The van der Waals surface area contributed by atoms with Gasteiger partial charge in [0, 0.05) is 38.4 Å². The van der Waals surface area contributed by atoms with Gasteiger partial charge in [-0.05, 0) is 38.5 Å². The van der Waals surface area contributed by atoms with Crippen LogP contribution in [0.3, 0.4) is 0 Å². The highest BCUT2D eigenvalue weighted by Crippen LogP contribution is 2.20. The topological polar surface area (TPSA) is 65.3 Å². The Hall–Kier alpha value is -2.34. The van der Waals surface area contributed by atoms with E-state index in [0.29, 0.717) is 12.1 Å². The average molecular weight is 331 g/mol. The summed E-state index contributed by atoms with van der Waals surface area (Å²) in [6, 6.07) is 7.94. The molecule has 0 saturated carbocycles. The summed E-state index contributed by atoms with van der Waals surface area (Å²) >= 11 is 0. The Labute approximate surface area is 141 Å². The summed E-state index contributed by atoms with van der Waals surface area (Å²) in [5, 5.41) is 3.33. The van der Waals surface area contributed by atoms with Crippen molar-refractivity contribution in [2.45, 2.75) is 39.5 Å². The Balaban J connectivity index is 2.13. The molecule has 0 aliphatic carbocycles. The highest BCUT2D eigenvalue weighted by molar-refractivity contribution is 5.30. The zero-order chi connectivity index (χ0) is 17.9. The number of aryl methyl sites for hydroxylation is 1. The number of hydrogen-bond donors (Lipinski definition) is 1. The minimum Gasteiger partial charge on any atom is -0.491 e. The van der Waals surface area contributed by atoms with Gasteiger partial charge in [-0.3, -0.25) is 9.36 Å². The van der Waals surface area contributed by atoms with E-state index in [0.717, 1.165) is 15.9 Å². The molecule has 24 heavy (non-hydrogen) atoms. The third-order valence-corrected chi connectivity index (χ3v) is 3.85. The number of hydrogen-bond acceptors (Lipinski definition) is 4. The quantitative estimate of drug-likeness (QED) is 0.875. The minimum absolute atomic E-state index is 0.0441. The lowest BCUT2D eigenvalue weighted by molar-refractivity contribution is 0.242. The molecule has 0 fully saturated rings. The third kappa shape index (κ3) is 4.14. The van der Waals surface area contributed by atoms with E-state index in [1.54, 1.807) is 13.2 Å². The first kappa shape index (κ1) is 18.0. The zero-order valence-corrected chi connectivity index (χ0v) is 14.9. The number of nitrogens with zero attached hydrogens (tertiary/aromatic N) is 2. The van der Waals surface area contributed by atoms with Crippen LogP contribution in [0.4, 0.5) is 0 Å². The largest absolute Gasteiger partial charge is 0.491 e. The molecule has 1 atom stereocenters. The van der Waals surface area contributed by atoms with Crippen molar-refractivity contribution < 1.29 is 4.74 Å². The van der Waals surface area contributed by atoms with Crippen molar-refractivity contribution in [1.82, 2.24) is 14.5 Å². The predicted molar refractivity (Wildman–Crippen MR) is 94.4 cm³/mol. The Kier molecular flexibility index (Phi) is 5.62. The van der Waals surface area contributed by atoms with Gasteiger partial charge in [0.2, 0.25) is 0 Å². The van der Waals surface area contributed by atoms with Crippen LogP contribution in [0.5, 0.6) is 5.75 Å². The van der Waals surface area contributed by atoms with Crippen LogP contribution in [-0.2, 0) is 20.6 Å². The summed E-state index contributed by atoms with van der Waals surface area (Å²) in [4.78, 5) is 23.9. The number of aromatic nitrogens is 2. The van der Waals surface area contributed by atoms with Crippen molar-refractivity contribution in [2.75, 3.05) is 0 Å². The third-order valence-electron chi connectivity index (χ3n) is 3.85. The number of benzene rings is 1. The molecule has 0 aliphatic heterocycles. The molecule has 130 valence electrons. The van der Waals surface area contributed by atoms with Crippen LogP contribution in [0.25, 0.3) is 0 Å². The molecule has 0 spiro atoms. The van der Waals surface area contributed by atoms with Crippen molar-refractivity contribution in [1.29, 1.82) is 0 Å². The molecular weight excluding hydrogens is 306 g/mol. The molecule has 1 aromatic heterocycles. The summed E-state index contributed by atoms with van der Waals surface area (Å²) in [6.07, 6.45) is 1.71. The van der Waals surface area contributed by atoms with Gasteiger partial charge in [-0.2, -0.15) is 0 Å². The van der Waals surface area contributed by atoms with Crippen LogP contribution in [-0.4, -0.2) is 15.2 Å². The van der Waals surface area contributed by atoms with E-state index in [2.05, 4.69) is 5.32 Å². The Morgan fingerprint density at radius 3 is 2.54 bits per heavy atom. The van der Waals surface area contributed by atoms with Gasteiger partial charge in [0.25, 0.3) is 5.56 Å². The SMILES string of the molecule is CC(C)Oc1cccc(C(C)NCc2cn(C)c(=O)n(C)c2=O)c1. The molecule has 2 rings (SSSR count). The number of rotatable bonds is 6. The fraction of sp³-hybridized carbons (Fsp3) is 0.444. The Morgan fingerprint density at radius 2 is 1.88 bits per heavy atom. The Morgan fingerprint density at radius 1 is 1.17 bits per heavy atom. The maximum absolute atomic E-state index is 12.2. The van der Waals surface area contributed by atoms with Gasteiger partial charge < -0.3 is 14.6 Å². The molecular formula is C18H25N3O3. The fourth-order valence-corrected chi connectivity index (χ4v) is 2.51. The first-order valence-corrected chi connectivity index (χ1v) is 8.05. The van der Waals surface area contributed by atoms with E-state index in [1.165, 1.54) is 11.6 Å². The smallest absolute Gasteiger partial charge is 0.330 e. The van der Waals surface area contributed by atoms with Crippen LogP contribution in [0.2, 0.25) is 0 Å². The predicted octanol–water partition coefficient (Wildman–Crippen LogP) is 1.72. The second kappa shape index (κ2) is 7.49. The molecule has 2 aromatic rings. The molecule has 0 amide bonds. The summed E-state index contributed by atoms with van der Waals surface area (Å²) < 4.78 is 8.25. The highest BCUT2D eigenvalue weighted by atomic mass is 16.5. The molecule has 1 aromatic carbocycles. The maximum atomic E-state index is 12.2. The summed E-state index contributed by atoms with van der Waals surface area (Å²) in [7, 11) is 3.13. The molecule has 6 heteroatoms. The normalized spacial score (nSPS) is 12.4. The van der Waals surface area contributed by atoms with Gasteiger partial charge >= 0.3 is 5.69 Å². The molecule has 1 unspecified atom stereocenters. The molecule has 0 aliphatic rings. The zero-order valence-electron chi connectivity index (χ0n) is 14.9. The van der Waals surface area contributed by atoms with Crippen LogP contribution in [0.1, 0.15) is 37.9 Å². The number of ether oxygens (including phenoxy) is 1. The monoisotopic (exact) mass is 331 g/mol. The lowest BCUT2D eigenvalue weighted by Crippen LogP contribution is -2.39. The lowest BCUT2D eigenvalue weighted by Gasteiger charge is -2.17. The van der Waals surface area contributed by atoms with E-state index in [4.69, 9.17) is 4.74 Å². The van der Waals surface area contributed by atoms with Gasteiger partial charge in [0.1, 0.15) is 5.75 Å². The first-order valence-electron chi connectivity index (χ1n) is 8.05. The van der Waals surface area contributed by atoms with E-state index < -0.39 is 0 Å². The van der Waals surface area contributed by atoms with E-state index >= 15 is 0 Å². The van der Waals surface area contributed by atoms with Crippen LogP contribution in [0.15, 0.2) is 40.1 Å². The summed E-state index contributed by atoms with van der Waals surface area (Å²) in [5.74, 6) is 0.828. The van der Waals surface area contributed by atoms with E-state index in [-0.39, 0.29) is 23.4 Å². The van der Waals surface area contributed by atoms with Crippen LogP contribution < -0.4 is 21.3 Å². The van der Waals surface area contributed by atoms with Crippen LogP contribution >= 0.6 is 0 Å². The van der Waals surface area contributed by atoms with Crippen molar-refractivity contribution >= 4 is 0 Å². The number of nitrogens with one attached hydrogen (secondary N) is 1.